The Balaban J connectivity index is 2.47. The minimum atomic E-state index is -0.186. The number of aliphatic hydroxyl groups is 1. The molecule has 0 heterocycles. The van der Waals surface area contributed by atoms with E-state index in [9.17, 15) is 5.11 Å². The van der Waals surface area contributed by atoms with Crippen molar-refractivity contribution in [3.05, 3.63) is 10.1 Å². The summed E-state index contributed by atoms with van der Waals surface area (Å²) in [5.41, 5.74) is 1.26. The van der Waals surface area contributed by atoms with E-state index in [1.807, 2.05) is 0 Å². The van der Waals surface area contributed by atoms with Crippen LogP contribution in [0.1, 0.15) is 51.9 Å². The molecule has 0 bridgehead atoms. The monoisotopic (exact) mass is 246 g/mol. The van der Waals surface area contributed by atoms with Gasteiger partial charge in [0, 0.05) is 0 Å². The van der Waals surface area contributed by atoms with Gasteiger partial charge in [0.25, 0.3) is 0 Å². The van der Waals surface area contributed by atoms with E-state index >= 15 is 0 Å². The van der Waals surface area contributed by atoms with Crippen LogP contribution in [-0.4, -0.2) is 11.2 Å². The van der Waals surface area contributed by atoms with Crippen molar-refractivity contribution in [2.45, 2.75) is 58.0 Å². The van der Waals surface area contributed by atoms with Crippen LogP contribution in [0.15, 0.2) is 10.1 Å². The topological polar surface area (TPSA) is 20.2 Å². The highest BCUT2D eigenvalue weighted by Gasteiger charge is 2.17. The summed E-state index contributed by atoms with van der Waals surface area (Å²) in [6.07, 6.45) is 7.77. The minimum Gasteiger partial charge on any atom is -0.389 e. The molecule has 0 fully saturated rings. The third-order valence-electron chi connectivity index (χ3n) is 2.67. The van der Waals surface area contributed by atoms with E-state index in [4.69, 9.17) is 0 Å². The highest BCUT2D eigenvalue weighted by atomic mass is 79.9. The third-order valence-corrected chi connectivity index (χ3v) is 3.58. The number of aliphatic hydroxyl groups excluding tert-OH is 1. The molecule has 0 aromatic rings. The lowest BCUT2D eigenvalue weighted by atomic mass is 9.93. The van der Waals surface area contributed by atoms with Crippen LogP contribution in [0.25, 0.3) is 0 Å². The van der Waals surface area contributed by atoms with E-state index in [-0.39, 0.29) is 6.10 Å². The van der Waals surface area contributed by atoms with E-state index in [1.165, 1.54) is 29.3 Å². The maximum atomic E-state index is 9.89. The molecule has 0 radical (unpaired) electrons. The lowest BCUT2D eigenvalue weighted by Gasteiger charge is -2.21. The maximum absolute atomic E-state index is 9.89. The zero-order valence-electron chi connectivity index (χ0n) is 8.35. The van der Waals surface area contributed by atoms with Crippen LogP contribution in [0.3, 0.4) is 0 Å². The van der Waals surface area contributed by atoms with Crippen molar-refractivity contribution in [3.63, 3.8) is 0 Å². The molecular weight excluding hydrogens is 228 g/mol. The van der Waals surface area contributed by atoms with Crippen LogP contribution in [0.2, 0.25) is 0 Å². The first-order valence-corrected chi connectivity index (χ1v) is 6.10. The van der Waals surface area contributed by atoms with Gasteiger partial charge in [0.1, 0.15) is 0 Å². The van der Waals surface area contributed by atoms with Crippen LogP contribution in [-0.2, 0) is 0 Å². The quantitative estimate of drug-likeness (QED) is 0.801. The molecule has 1 nitrogen and oxygen atoms in total. The molecule has 0 saturated heterocycles. The van der Waals surface area contributed by atoms with E-state index in [1.54, 1.807) is 0 Å². The third kappa shape index (κ3) is 3.43. The normalized spacial score (nSPS) is 20.5. The number of hydrogen-bond donors (Lipinski definition) is 1. The average molecular weight is 247 g/mol. The fourth-order valence-corrected chi connectivity index (χ4v) is 2.55. The smallest absolute Gasteiger partial charge is 0.0760 e. The summed E-state index contributed by atoms with van der Waals surface area (Å²) < 4.78 is 1.27. The summed E-state index contributed by atoms with van der Waals surface area (Å²) in [5, 5.41) is 9.89. The maximum Gasteiger partial charge on any atom is 0.0760 e. The Bertz CT molecular complexity index is 187. The Labute approximate surface area is 89.4 Å². The summed E-state index contributed by atoms with van der Waals surface area (Å²) in [6.45, 7) is 2.16. The van der Waals surface area contributed by atoms with Crippen LogP contribution in [0, 0.1) is 0 Å². The molecule has 1 unspecified atom stereocenters. The zero-order chi connectivity index (χ0) is 9.68. The molecule has 0 saturated carbocycles. The molecule has 0 amide bonds. The first kappa shape index (κ1) is 11.3. The summed E-state index contributed by atoms with van der Waals surface area (Å²) in [5.74, 6) is 0. The summed E-state index contributed by atoms with van der Waals surface area (Å²) >= 11 is 3.57. The van der Waals surface area contributed by atoms with Crippen molar-refractivity contribution in [1.82, 2.24) is 0 Å². The van der Waals surface area contributed by atoms with E-state index in [2.05, 4.69) is 22.9 Å². The largest absolute Gasteiger partial charge is 0.389 e. The fourth-order valence-electron chi connectivity index (χ4n) is 1.81. The second-order valence-corrected chi connectivity index (χ2v) is 4.75. The zero-order valence-corrected chi connectivity index (χ0v) is 9.94. The predicted octanol–water partition coefficient (Wildman–Crippen LogP) is 3.76. The first-order chi connectivity index (χ1) is 6.25. The molecule has 1 atom stereocenters. The SMILES string of the molecule is CCCCC(O)C1=C(Br)CCCC1. The standard InChI is InChI=1S/C11H19BrO/c1-2-3-8-11(13)9-6-4-5-7-10(9)12/h11,13H,2-8H2,1H3. The molecule has 1 N–H and O–H groups in total. The first-order valence-electron chi connectivity index (χ1n) is 5.31. The van der Waals surface area contributed by atoms with Gasteiger partial charge in [-0.3, -0.25) is 0 Å². The molecule has 0 aliphatic heterocycles. The van der Waals surface area contributed by atoms with E-state index in [0.717, 1.165) is 25.7 Å². The van der Waals surface area contributed by atoms with Gasteiger partial charge in [0.05, 0.1) is 6.10 Å². The molecular formula is C11H19BrO. The van der Waals surface area contributed by atoms with Gasteiger partial charge < -0.3 is 5.11 Å². The van der Waals surface area contributed by atoms with Gasteiger partial charge in [-0.05, 0) is 42.2 Å². The van der Waals surface area contributed by atoms with E-state index in [0.29, 0.717) is 0 Å². The Morgan fingerprint density at radius 3 is 2.69 bits per heavy atom. The van der Waals surface area contributed by atoms with Gasteiger partial charge in [-0.2, -0.15) is 0 Å². The summed E-state index contributed by atoms with van der Waals surface area (Å²) in [4.78, 5) is 0. The molecule has 2 heteroatoms. The Hall–Kier alpha value is 0.180. The van der Waals surface area contributed by atoms with Crippen molar-refractivity contribution in [1.29, 1.82) is 0 Å². The van der Waals surface area contributed by atoms with Gasteiger partial charge in [0.2, 0.25) is 0 Å². The van der Waals surface area contributed by atoms with Crippen LogP contribution >= 0.6 is 15.9 Å². The van der Waals surface area contributed by atoms with Gasteiger partial charge in [0.15, 0.2) is 0 Å². The second-order valence-electron chi connectivity index (χ2n) is 3.80. The molecule has 0 aromatic carbocycles. The molecule has 1 rings (SSSR count). The predicted molar refractivity (Wildman–Crippen MR) is 60.0 cm³/mol. The second kappa shape index (κ2) is 5.82. The number of halogens is 1. The lowest BCUT2D eigenvalue weighted by Crippen LogP contribution is -2.13. The molecule has 0 spiro atoms. The van der Waals surface area contributed by atoms with Crippen molar-refractivity contribution in [3.8, 4) is 0 Å². The number of rotatable bonds is 4. The van der Waals surface area contributed by atoms with Gasteiger partial charge in [-0.15, -0.1) is 0 Å². The van der Waals surface area contributed by atoms with Crippen LogP contribution < -0.4 is 0 Å². The Morgan fingerprint density at radius 2 is 2.08 bits per heavy atom. The fraction of sp³-hybridized carbons (Fsp3) is 0.818. The number of unbranched alkanes of at least 4 members (excludes halogenated alkanes) is 1. The lowest BCUT2D eigenvalue weighted by molar-refractivity contribution is 0.190. The van der Waals surface area contributed by atoms with Crippen molar-refractivity contribution < 1.29 is 5.11 Å². The van der Waals surface area contributed by atoms with Crippen molar-refractivity contribution in [2.75, 3.05) is 0 Å². The molecule has 0 aromatic heterocycles. The van der Waals surface area contributed by atoms with Gasteiger partial charge in [-0.1, -0.05) is 35.7 Å². The van der Waals surface area contributed by atoms with Crippen molar-refractivity contribution in [2.24, 2.45) is 0 Å². The number of hydrogen-bond acceptors (Lipinski definition) is 1. The average Bonchev–Trinajstić information content (AvgIpc) is 2.15. The molecule has 76 valence electrons. The van der Waals surface area contributed by atoms with E-state index < -0.39 is 0 Å². The highest BCUT2D eigenvalue weighted by Crippen LogP contribution is 2.32. The molecule has 1 aliphatic carbocycles. The number of allylic oxidation sites excluding steroid dienone is 1. The van der Waals surface area contributed by atoms with Crippen LogP contribution in [0.4, 0.5) is 0 Å². The molecule has 1 aliphatic rings. The minimum absolute atomic E-state index is 0.186. The van der Waals surface area contributed by atoms with Gasteiger partial charge >= 0.3 is 0 Å². The Morgan fingerprint density at radius 1 is 1.38 bits per heavy atom. The van der Waals surface area contributed by atoms with Gasteiger partial charge in [-0.25, -0.2) is 0 Å². The summed E-state index contributed by atoms with van der Waals surface area (Å²) in [7, 11) is 0. The highest BCUT2D eigenvalue weighted by molar-refractivity contribution is 9.11. The summed E-state index contributed by atoms with van der Waals surface area (Å²) in [6, 6.07) is 0. The Kier molecular flexibility index (Phi) is 5.04. The van der Waals surface area contributed by atoms with Crippen molar-refractivity contribution >= 4 is 15.9 Å². The molecule has 13 heavy (non-hydrogen) atoms. The van der Waals surface area contributed by atoms with Crippen LogP contribution in [0.5, 0.6) is 0 Å².